The highest BCUT2D eigenvalue weighted by molar-refractivity contribution is 5.45. The van der Waals surface area contributed by atoms with Crippen LogP contribution in [0.5, 0.6) is 0 Å². The Labute approximate surface area is 115 Å². The van der Waals surface area contributed by atoms with Gasteiger partial charge in [0.2, 0.25) is 5.82 Å². The summed E-state index contributed by atoms with van der Waals surface area (Å²) in [5.41, 5.74) is 8.28. The van der Waals surface area contributed by atoms with Crippen molar-refractivity contribution in [2.24, 2.45) is 5.73 Å². The number of nitro groups is 1. The molecule has 5 nitrogen and oxygen atoms in total. The summed E-state index contributed by atoms with van der Waals surface area (Å²) in [7, 11) is 0. The number of nitro benzene ring substituents is 1. The van der Waals surface area contributed by atoms with Gasteiger partial charge in [-0.15, -0.1) is 0 Å². The van der Waals surface area contributed by atoms with Gasteiger partial charge in [0.15, 0.2) is 0 Å². The first-order valence-electron chi connectivity index (χ1n) is 6.48. The van der Waals surface area contributed by atoms with Gasteiger partial charge in [0.1, 0.15) is 0 Å². The molecular weight excluding hydrogens is 261 g/mol. The van der Waals surface area contributed by atoms with Crippen molar-refractivity contribution >= 4 is 5.69 Å². The second-order valence-corrected chi connectivity index (χ2v) is 4.98. The van der Waals surface area contributed by atoms with Gasteiger partial charge in [-0.1, -0.05) is 0 Å². The van der Waals surface area contributed by atoms with Crippen molar-refractivity contribution in [1.29, 1.82) is 0 Å². The van der Waals surface area contributed by atoms with Gasteiger partial charge in [0.05, 0.1) is 4.92 Å². The number of aromatic nitrogens is 1. The van der Waals surface area contributed by atoms with E-state index in [2.05, 4.69) is 0 Å². The summed E-state index contributed by atoms with van der Waals surface area (Å²) in [6, 6.07) is 5.90. The molecule has 1 unspecified atom stereocenters. The molecule has 0 spiro atoms. The molecule has 0 bridgehead atoms. The maximum atomic E-state index is 13.7. The molecule has 0 saturated carbocycles. The lowest BCUT2D eigenvalue weighted by Crippen LogP contribution is -2.17. The van der Waals surface area contributed by atoms with Gasteiger partial charge >= 0.3 is 5.69 Å². The molecule has 0 saturated heterocycles. The van der Waals surface area contributed by atoms with Crippen molar-refractivity contribution in [2.45, 2.75) is 25.3 Å². The average Bonchev–Trinajstić information content (AvgIpc) is 2.83. The third-order valence-corrected chi connectivity index (χ3v) is 3.76. The molecule has 3 rings (SSSR count). The first-order valence-corrected chi connectivity index (χ1v) is 6.48. The Bertz CT molecular complexity index is 681. The molecule has 1 atom stereocenters. The van der Waals surface area contributed by atoms with Crippen LogP contribution < -0.4 is 5.73 Å². The molecule has 6 heteroatoms. The summed E-state index contributed by atoms with van der Waals surface area (Å²) in [5.74, 6) is -0.824. The summed E-state index contributed by atoms with van der Waals surface area (Å²) < 4.78 is 15.6. The Balaban J connectivity index is 2.06. The number of fused-ring (bicyclic) bond motifs is 1. The van der Waals surface area contributed by atoms with Crippen molar-refractivity contribution in [2.75, 3.05) is 0 Å². The van der Waals surface area contributed by atoms with Gasteiger partial charge in [-0.05, 0) is 37.0 Å². The van der Waals surface area contributed by atoms with Crippen LogP contribution in [0.25, 0.3) is 5.69 Å². The monoisotopic (exact) mass is 275 g/mol. The fourth-order valence-electron chi connectivity index (χ4n) is 2.76. The minimum absolute atomic E-state index is 0.0166. The normalized spacial score (nSPS) is 17.8. The first kappa shape index (κ1) is 12.8. The van der Waals surface area contributed by atoms with Gasteiger partial charge in [0.25, 0.3) is 0 Å². The van der Waals surface area contributed by atoms with Crippen molar-refractivity contribution in [3.63, 3.8) is 0 Å². The highest BCUT2D eigenvalue weighted by atomic mass is 19.1. The Hall–Kier alpha value is -2.21. The smallest absolute Gasteiger partial charge is 0.304 e. The van der Waals surface area contributed by atoms with E-state index >= 15 is 0 Å². The van der Waals surface area contributed by atoms with Gasteiger partial charge < -0.3 is 10.3 Å². The largest absolute Gasteiger partial charge is 0.324 e. The second kappa shape index (κ2) is 4.72. The molecule has 0 fully saturated rings. The zero-order valence-corrected chi connectivity index (χ0v) is 10.8. The van der Waals surface area contributed by atoms with E-state index in [1.54, 1.807) is 6.07 Å². The number of halogens is 1. The molecule has 0 aliphatic heterocycles. The number of nitrogens with two attached hydrogens (primary N) is 1. The minimum atomic E-state index is -0.824. The molecule has 104 valence electrons. The van der Waals surface area contributed by atoms with Crippen molar-refractivity contribution < 1.29 is 9.31 Å². The van der Waals surface area contributed by atoms with E-state index in [1.165, 1.54) is 12.1 Å². The van der Waals surface area contributed by atoms with Gasteiger partial charge in [-0.25, -0.2) is 0 Å². The van der Waals surface area contributed by atoms with E-state index in [0.29, 0.717) is 5.69 Å². The van der Waals surface area contributed by atoms with Crippen LogP contribution in [0.1, 0.15) is 30.1 Å². The second-order valence-electron chi connectivity index (χ2n) is 4.98. The Morgan fingerprint density at radius 1 is 1.40 bits per heavy atom. The highest BCUT2D eigenvalue weighted by Crippen LogP contribution is 2.31. The van der Waals surface area contributed by atoms with Crippen LogP contribution in [-0.4, -0.2) is 9.49 Å². The van der Waals surface area contributed by atoms with Crippen LogP contribution in [-0.2, 0) is 6.42 Å². The van der Waals surface area contributed by atoms with Crippen LogP contribution in [0.2, 0.25) is 0 Å². The van der Waals surface area contributed by atoms with Crippen molar-refractivity contribution in [3.8, 4) is 5.69 Å². The lowest BCUT2D eigenvalue weighted by Gasteiger charge is -2.21. The van der Waals surface area contributed by atoms with Crippen molar-refractivity contribution in [1.82, 2.24) is 4.57 Å². The molecule has 1 aromatic carbocycles. The van der Waals surface area contributed by atoms with Gasteiger partial charge in [-0.2, -0.15) is 4.39 Å². The molecule has 0 radical (unpaired) electrons. The predicted molar refractivity (Wildman–Crippen MR) is 72.2 cm³/mol. The maximum Gasteiger partial charge on any atom is 0.304 e. The van der Waals surface area contributed by atoms with E-state index in [0.717, 1.165) is 30.5 Å². The molecule has 1 aromatic heterocycles. The molecule has 2 N–H and O–H groups in total. The van der Waals surface area contributed by atoms with Gasteiger partial charge in [0, 0.05) is 35.8 Å². The van der Waals surface area contributed by atoms with E-state index in [4.69, 9.17) is 5.73 Å². The van der Waals surface area contributed by atoms with Crippen LogP contribution in [0.3, 0.4) is 0 Å². The van der Waals surface area contributed by atoms with Crippen LogP contribution in [0.15, 0.2) is 30.5 Å². The van der Waals surface area contributed by atoms with Crippen molar-refractivity contribution in [3.05, 3.63) is 57.7 Å². The molecule has 0 amide bonds. The van der Waals surface area contributed by atoms with E-state index in [-0.39, 0.29) is 6.04 Å². The lowest BCUT2D eigenvalue weighted by atomic mass is 9.93. The van der Waals surface area contributed by atoms with Crippen LogP contribution in [0, 0.1) is 15.9 Å². The third kappa shape index (κ3) is 1.98. The highest BCUT2D eigenvalue weighted by Gasteiger charge is 2.22. The quantitative estimate of drug-likeness (QED) is 0.676. The standard InChI is InChI=1S/C14H14FN3O2/c15-11-8-9(4-5-14(11)18(19)20)17-7-6-10-12(16)2-1-3-13(10)17/h4-8,12H,1-3,16H2. The number of hydrogen-bond donors (Lipinski definition) is 1. The average molecular weight is 275 g/mol. The number of rotatable bonds is 2. The Morgan fingerprint density at radius 3 is 2.90 bits per heavy atom. The maximum absolute atomic E-state index is 13.7. The summed E-state index contributed by atoms with van der Waals surface area (Å²) in [6.45, 7) is 0. The van der Waals surface area contributed by atoms with E-state index < -0.39 is 16.4 Å². The van der Waals surface area contributed by atoms with Gasteiger partial charge in [-0.3, -0.25) is 10.1 Å². The summed E-state index contributed by atoms with van der Waals surface area (Å²) in [5, 5.41) is 10.6. The van der Waals surface area contributed by atoms with E-state index in [1.807, 2.05) is 16.8 Å². The molecule has 1 aliphatic rings. The predicted octanol–water partition coefficient (Wildman–Crippen LogP) is 2.86. The Kier molecular flexibility index (Phi) is 3.02. The molecular formula is C14H14FN3O2. The molecule has 1 heterocycles. The lowest BCUT2D eigenvalue weighted by molar-refractivity contribution is -0.387. The zero-order valence-electron chi connectivity index (χ0n) is 10.8. The minimum Gasteiger partial charge on any atom is -0.324 e. The molecule has 2 aromatic rings. The summed E-state index contributed by atoms with van der Waals surface area (Å²) in [6.07, 6.45) is 4.67. The van der Waals surface area contributed by atoms with E-state index in [9.17, 15) is 14.5 Å². The molecule has 1 aliphatic carbocycles. The fourth-order valence-corrected chi connectivity index (χ4v) is 2.76. The SMILES string of the molecule is NC1CCCc2c1ccn2-c1ccc([N+](=O)[O-])c(F)c1. The number of benzene rings is 1. The molecule has 20 heavy (non-hydrogen) atoms. The Morgan fingerprint density at radius 2 is 2.20 bits per heavy atom. The topological polar surface area (TPSA) is 74.1 Å². The zero-order chi connectivity index (χ0) is 14.3. The fraction of sp³-hybridized carbons (Fsp3) is 0.286. The van der Waals surface area contributed by atoms with Crippen LogP contribution >= 0.6 is 0 Å². The summed E-state index contributed by atoms with van der Waals surface area (Å²) >= 11 is 0. The number of hydrogen-bond acceptors (Lipinski definition) is 3. The van der Waals surface area contributed by atoms with Crippen LogP contribution in [0.4, 0.5) is 10.1 Å². The summed E-state index contributed by atoms with van der Waals surface area (Å²) in [4.78, 5) is 9.92. The number of nitrogens with zero attached hydrogens (tertiary/aromatic N) is 2. The third-order valence-electron chi connectivity index (χ3n) is 3.76. The first-order chi connectivity index (χ1) is 9.58.